The lowest BCUT2D eigenvalue weighted by Gasteiger charge is -2.35. The molecule has 4 rings (SSSR count). The van der Waals surface area contributed by atoms with Gasteiger partial charge in [0.2, 0.25) is 10.0 Å². The SMILES string of the molecule is CCS(=O)(=O)N1CC[C@H](C)[C@@H](c2nnc3cnc4c(ccn4COCC[Si](C)(C)C)n23)C1. The van der Waals surface area contributed by atoms with Crippen LogP contribution in [-0.2, 0) is 21.5 Å². The van der Waals surface area contributed by atoms with Gasteiger partial charge < -0.3 is 9.30 Å². The zero-order valence-corrected chi connectivity index (χ0v) is 21.5. The Labute approximate surface area is 190 Å². The summed E-state index contributed by atoms with van der Waals surface area (Å²) in [5, 5.41) is 8.83. The molecule has 3 aromatic heterocycles. The zero-order valence-electron chi connectivity index (χ0n) is 19.7. The first-order valence-electron chi connectivity index (χ1n) is 11.3. The smallest absolute Gasteiger partial charge is 0.213 e. The minimum Gasteiger partial charge on any atom is -0.361 e. The van der Waals surface area contributed by atoms with Gasteiger partial charge in [0.1, 0.15) is 12.6 Å². The molecule has 0 bridgehead atoms. The van der Waals surface area contributed by atoms with Crippen molar-refractivity contribution in [2.45, 2.75) is 58.6 Å². The van der Waals surface area contributed by atoms with Gasteiger partial charge in [0.15, 0.2) is 11.3 Å². The first-order chi connectivity index (χ1) is 15.1. The van der Waals surface area contributed by atoms with Gasteiger partial charge in [0, 0.05) is 39.9 Å². The van der Waals surface area contributed by atoms with E-state index in [4.69, 9.17) is 4.74 Å². The van der Waals surface area contributed by atoms with Gasteiger partial charge in [0.05, 0.1) is 17.5 Å². The van der Waals surface area contributed by atoms with Crippen molar-refractivity contribution in [2.24, 2.45) is 5.92 Å². The van der Waals surface area contributed by atoms with Crippen molar-refractivity contribution in [3.63, 3.8) is 0 Å². The van der Waals surface area contributed by atoms with E-state index in [1.807, 2.05) is 21.2 Å². The summed E-state index contributed by atoms with van der Waals surface area (Å²) in [7, 11) is -4.37. The third-order valence-corrected chi connectivity index (χ3v) is 9.96. The number of ether oxygens (including phenoxy) is 1. The highest BCUT2D eigenvalue weighted by Gasteiger charge is 2.35. The van der Waals surface area contributed by atoms with E-state index in [1.165, 1.54) is 0 Å². The predicted octanol–water partition coefficient (Wildman–Crippen LogP) is 3.17. The maximum Gasteiger partial charge on any atom is 0.213 e. The van der Waals surface area contributed by atoms with E-state index in [-0.39, 0.29) is 11.7 Å². The van der Waals surface area contributed by atoms with Crippen LogP contribution in [0.15, 0.2) is 18.5 Å². The molecule has 1 saturated heterocycles. The standard InChI is InChI=1S/C21H34N6O3SSi/c1-6-31(28,29)26-10-7-16(2)17(14-26)20-24-23-19-13-22-21-18(27(19)20)8-9-25(21)15-30-11-12-32(3,4)5/h8-9,13,16-17H,6-7,10-12,14-15H2,1-5H3/t16-,17-/m0/s1. The lowest BCUT2D eigenvalue weighted by atomic mass is 9.87. The molecule has 0 aromatic carbocycles. The topological polar surface area (TPSA) is 94.6 Å². The number of nitrogens with zero attached hydrogens (tertiary/aromatic N) is 6. The lowest BCUT2D eigenvalue weighted by Crippen LogP contribution is -2.43. The van der Waals surface area contributed by atoms with Crippen molar-refractivity contribution in [1.29, 1.82) is 0 Å². The summed E-state index contributed by atoms with van der Waals surface area (Å²) in [5.41, 5.74) is 2.40. The maximum absolute atomic E-state index is 12.5. The van der Waals surface area contributed by atoms with Gasteiger partial charge >= 0.3 is 0 Å². The predicted molar refractivity (Wildman–Crippen MR) is 128 cm³/mol. The Morgan fingerprint density at radius 1 is 1.25 bits per heavy atom. The molecule has 0 N–H and O–H groups in total. The van der Waals surface area contributed by atoms with E-state index >= 15 is 0 Å². The van der Waals surface area contributed by atoms with Gasteiger partial charge in [-0.1, -0.05) is 26.6 Å². The molecule has 32 heavy (non-hydrogen) atoms. The van der Waals surface area contributed by atoms with Crippen molar-refractivity contribution >= 4 is 34.9 Å². The van der Waals surface area contributed by atoms with Crippen LogP contribution in [0.25, 0.3) is 16.8 Å². The highest BCUT2D eigenvalue weighted by atomic mass is 32.2. The molecule has 9 nitrogen and oxygen atoms in total. The third-order valence-electron chi connectivity index (χ3n) is 6.41. The Kier molecular flexibility index (Phi) is 6.45. The minimum atomic E-state index is -3.24. The fraction of sp³-hybridized carbons (Fsp3) is 0.667. The molecular weight excluding hydrogens is 444 g/mol. The number of aromatic nitrogens is 5. The molecule has 0 unspecified atom stereocenters. The van der Waals surface area contributed by atoms with Crippen molar-refractivity contribution in [1.82, 2.24) is 28.5 Å². The maximum atomic E-state index is 12.5. The Morgan fingerprint density at radius 3 is 2.75 bits per heavy atom. The molecule has 0 spiro atoms. The average Bonchev–Trinajstić information content (AvgIpc) is 3.34. The summed E-state index contributed by atoms with van der Waals surface area (Å²) in [6, 6.07) is 3.13. The number of hydrogen-bond donors (Lipinski definition) is 0. The summed E-state index contributed by atoms with van der Waals surface area (Å²) in [4.78, 5) is 4.60. The molecular formula is C21H34N6O3SSi. The number of hydrogen-bond acceptors (Lipinski definition) is 6. The first kappa shape index (κ1) is 23.3. The molecule has 11 heteroatoms. The second kappa shape index (κ2) is 8.84. The molecule has 1 fully saturated rings. The highest BCUT2D eigenvalue weighted by molar-refractivity contribution is 7.89. The van der Waals surface area contributed by atoms with Crippen LogP contribution < -0.4 is 0 Å². The van der Waals surface area contributed by atoms with Crippen LogP contribution in [0.3, 0.4) is 0 Å². The Bertz CT molecular complexity index is 1200. The summed E-state index contributed by atoms with van der Waals surface area (Å²) >= 11 is 0. The van der Waals surface area contributed by atoms with Gasteiger partial charge in [-0.05, 0) is 31.4 Å². The van der Waals surface area contributed by atoms with Crippen LogP contribution in [-0.4, -0.2) is 70.4 Å². The fourth-order valence-corrected chi connectivity index (χ4v) is 6.12. The molecule has 4 heterocycles. The summed E-state index contributed by atoms with van der Waals surface area (Å²) in [5.74, 6) is 1.19. The number of fused-ring (bicyclic) bond motifs is 3. The Hall–Kier alpha value is -1.82. The summed E-state index contributed by atoms with van der Waals surface area (Å²) in [6.07, 6.45) is 4.51. The summed E-state index contributed by atoms with van der Waals surface area (Å²) < 4.78 is 36.6. The van der Waals surface area contributed by atoms with Crippen LogP contribution in [0.2, 0.25) is 25.7 Å². The third kappa shape index (κ3) is 4.61. The van der Waals surface area contributed by atoms with Gasteiger partial charge in [-0.15, -0.1) is 10.2 Å². The number of rotatable bonds is 8. The highest BCUT2D eigenvalue weighted by Crippen LogP contribution is 2.33. The van der Waals surface area contributed by atoms with E-state index in [0.717, 1.165) is 36.1 Å². The second-order valence-electron chi connectivity index (χ2n) is 9.98. The number of sulfonamides is 1. The van der Waals surface area contributed by atoms with E-state index < -0.39 is 18.1 Å². The molecule has 0 amide bonds. The van der Waals surface area contributed by atoms with Crippen molar-refractivity contribution in [2.75, 3.05) is 25.4 Å². The lowest BCUT2D eigenvalue weighted by molar-refractivity contribution is 0.0899. The first-order valence-corrected chi connectivity index (χ1v) is 16.7. The molecule has 0 radical (unpaired) electrons. The normalized spacial score (nSPS) is 21.0. The largest absolute Gasteiger partial charge is 0.361 e. The van der Waals surface area contributed by atoms with Crippen LogP contribution in [0, 0.1) is 5.92 Å². The quantitative estimate of drug-likeness (QED) is 0.365. The van der Waals surface area contributed by atoms with Crippen LogP contribution in [0.1, 0.15) is 32.0 Å². The van der Waals surface area contributed by atoms with Gasteiger partial charge in [-0.3, -0.25) is 4.40 Å². The molecule has 3 aromatic rings. The van der Waals surface area contributed by atoms with Crippen LogP contribution in [0.5, 0.6) is 0 Å². The Morgan fingerprint density at radius 2 is 2.03 bits per heavy atom. The van der Waals surface area contributed by atoms with Crippen molar-refractivity contribution < 1.29 is 13.2 Å². The van der Waals surface area contributed by atoms with E-state index in [1.54, 1.807) is 17.4 Å². The molecule has 0 aliphatic carbocycles. The van der Waals surface area contributed by atoms with Crippen molar-refractivity contribution in [3.8, 4) is 0 Å². The van der Waals surface area contributed by atoms with Gasteiger partial charge in [-0.25, -0.2) is 17.7 Å². The number of piperidine rings is 1. The second-order valence-corrected chi connectivity index (χ2v) is 17.9. The monoisotopic (exact) mass is 478 g/mol. The van der Waals surface area contributed by atoms with E-state index in [0.29, 0.717) is 31.4 Å². The van der Waals surface area contributed by atoms with Gasteiger partial charge in [0.25, 0.3) is 0 Å². The van der Waals surface area contributed by atoms with E-state index in [2.05, 4.69) is 41.7 Å². The molecule has 1 aliphatic heterocycles. The average molecular weight is 479 g/mol. The fourth-order valence-electron chi connectivity index (χ4n) is 4.22. The minimum absolute atomic E-state index is 0.0259. The van der Waals surface area contributed by atoms with E-state index in [9.17, 15) is 8.42 Å². The zero-order chi connectivity index (χ0) is 23.1. The summed E-state index contributed by atoms with van der Waals surface area (Å²) in [6.45, 7) is 13.1. The Balaban J connectivity index is 1.64. The van der Waals surface area contributed by atoms with Gasteiger partial charge in [-0.2, -0.15) is 0 Å². The molecule has 2 atom stereocenters. The van der Waals surface area contributed by atoms with Crippen molar-refractivity contribution in [3.05, 3.63) is 24.3 Å². The molecule has 176 valence electrons. The molecule has 1 aliphatic rings. The van der Waals surface area contributed by atoms with Crippen LogP contribution >= 0.6 is 0 Å². The molecule has 0 saturated carbocycles. The van der Waals surface area contributed by atoms with Crippen LogP contribution in [0.4, 0.5) is 0 Å².